The summed E-state index contributed by atoms with van der Waals surface area (Å²) in [6, 6.07) is 3.98. The molecular formula is C10H10BrN. The fraction of sp³-hybridized carbons (Fsp3) is 0.300. The Morgan fingerprint density at radius 1 is 1.42 bits per heavy atom. The van der Waals surface area contributed by atoms with Crippen LogP contribution in [0.25, 0.3) is 0 Å². The number of aryl methyl sites for hydroxylation is 2. The highest BCUT2D eigenvalue weighted by molar-refractivity contribution is 9.09. The van der Waals surface area contributed by atoms with Gasteiger partial charge in [-0.15, -0.1) is 0 Å². The van der Waals surface area contributed by atoms with Gasteiger partial charge >= 0.3 is 0 Å². The predicted octanol–water partition coefficient (Wildman–Crippen LogP) is 2.44. The van der Waals surface area contributed by atoms with Gasteiger partial charge in [0.2, 0.25) is 0 Å². The minimum absolute atomic E-state index is 0.709. The van der Waals surface area contributed by atoms with Gasteiger partial charge in [0.25, 0.3) is 0 Å². The molecule has 0 atom stereocenters. The lowest BCUT2D eigenvalue weighted by Crippen LogP contribution is -1.89. The zero-order valence-corrected chi connectivity index (χ0v) is 8.77. The Bertz CT molecular complexity index is 333. The van der Waals surface area contributed by atoms with E-state index in [0.29, 0.717) is 5.33 Å². The van der Waals surface area contributed by atoms with Crippen molar-refractivity contribution in [2.75, 3.05) is 5.33 Å². The maximum atomic E-state index is 4.31. The summed E-state index contributed by atoms with van der Waals surface area (Å²) in [4.78, 5) is 4.31. The molecule has 0 aromatic carbocycles. The number of pyridine rings is 1. The minimum Gasteiger partial charge on any atom is -0.257 e. The van der Waals surface area contributed by atoms with Crippen LogP contribution in [0.15, 0.2) is 12.1 Å². The quantitative estimate of drug-likeness (QED) is 0.487. The highest BCUT2D eigenvalue weighted by Crippen LogP contribution is 2.04. The zero-order chi connectivity index (χ0) is 8.97. The molecule has 0 aliphatic heterocycles. The number of hydrogen-bond donors (Lipinski definition) is 0. The smallest absolute Gasteiger partial charge is 0.0649 e. The molecule has 1 aromatic rings. The molecule has 0 radical (unpaired) electrons. The average molecular weight is 224 g/mol. The van der Waals surface area contributed by atoms with Gasteiger partial charge in [0.15, 0.2) is 0 Å². The summed E-state index contributed by atoms with van der Waals surface area (Å²) in [5, 5.41) is 0.709. The van der Waals surface area contributed by atoms with Crippen LogP contribution >= 0.6 is 15.9 Å². The van der Waals surface area contributed by atoms with Gasteiger partial charge in [0.05, 0.1) is 11.0 Å². The number of halogens is 1. The summed E-state index contributed by atoms with van der Waals surface area (Å²) < 4.78 is 0. The number of rotatable bonds is 0. The zero-order valence-electron chi connectivity index (χ0n) is 7.19. The van der Waals surface area contributed by atoms with Crippen LogP contribution < -0.4 is 0 Å². The molecule has 0 unspecified atom stereocenters. The van der Waals surface area contributed by atoms with Gasteiger partial charge in [-0.2, -0.15) is 0 Å². The van der Waals surface area contributed by atoms with E-state index >= 15 is 0 Å². The first-order valence-corrected chi connectivity index (χ1v) is 4.85. The third kappa shape index (κ3) is 2.35. The topological polar surface area (TPSA) is 12.9 Å². The van der Waals surface area contributed by atoms with E-state index in [9.17, 15) is 0 Å². The summed E-state index contributed by atoms with van der Waals surface area (Å²) in [6.07, 6.45) is 0. The first-order chi connectivity index (χ1) is 5.74. The minimum atomic E-state index is 0.709. The van der Waals surface area contributed by atoms with E-state index in [0.717, 1.165) is 17.0 Å². The van der Waals surface area contributed by atoms with Crippen LogP contribution in [-0.2, 0) is 0 Å². The number of alkyl halides is 1. The fourth-order valence-electron chi connectivity index (χ4n) is 0.947. The largest absolute Gasteiger partial charge is 0.257 e. The standard InChI is InChI=1S/C10H10BrN/c1-8-5-6-10(4-3-7-11)9(2)12-8/h5-6H,7H2,1-2H3. The monoisotopic (exact) mass is 223 g/mol. The Hall–Kier alpha value is -0.810. The van der Waals surface area contributed by atoms with Gasteiger partial charge in [-0.05, 0) is 26.0 Å². The molecule has 0 saturated carbocycles. The first kappa shape index (κ1) is 9.28. The lowest BCUT2D eigenvalue weighted by atomic mass is 10.2. The predicted molar refractivity (Wildman–Crippen MR) is 54.4 cm³/mol. The third-order valence-corrected chi connectivity index (χ3v) is 1.80. The van der Waals surface area contributed by atoms with E-state index in [1.807, 2.05) is 26.0 Å². The molecule has 1 rings (SSSR count). The highest BCUT2D eigenvalue weighted by Gasteiger charge is 1.94. The molecule has 0 aliphatic carbocycles. The normalized spacial score (nSPS) is 8.92. The maximum Gasteiger partial charge on any atom is 0.0649 e. The molecule has 1 aromatic heterocycles. The van der Waals surface area contributed by atoms with E-state index in [1.165, 1.54) is 0 Å². The molecule has 0 amide bonds. The van der Waals surface area contributed by atoms with E-state index < -0.39 is 0 Å². The van der Waals surface area contributed by atoms with Crippen LogP contribution in [0.1, 0.15) is 17.0 Å². The molecular weight excluding hydrogens is 214 g/mol. The van der Waals surface area contributed by atoms with Crippen molar-refractivity contribution in [3.8, 4) is 11.8 Å². The molecule has 1 nitrogen and oxygen atoms in total. The van der Waals surface area contributed by atoms with Gasteiger partial charge < -0.3 is 0 Å². The molecule has 0 N–H and O–H groups in total. The summed E-state index contributed by atoms with van der Waals surface area (Å²) in [5.74, 6) is 5.98. The molecule has 0 bridgehead atoms. The van der Waals surface area contributed by atoms with E-state index in [-0.39, 0.29) is 0 Å². The van der Waals surface area contributed by atoms with E-state index in [1.54, 1.807) is 0 Å². The number of hydrogen-bond acceptors (Lipinski definition) is 1. The number of aromatic nitrogens is 1. The van der Waals surface area contributed by atoms with E-state index in [2.05, 4.69) is 32.8 Å². The lowest BCUT2D eigenvalue weighted by molar-refractivity contribution is 1.11. The van der Waals surface area contributed by atoms with Crippen molar-refractivity contribution >= 4 is 15.9 Å². The van der Waals surface area contributed by atoms with Crippen LogP contribution in [0, 0.1) is 25.7 Å². The van der Waals surface area contributed by atoms with Crippen LogP contribution in [-0.4, -0.2) is 10.3 Å². The van der Waals surface area contributed by atoms with Gasteiger partial charge in [-0.3, -0.25) is 4.98 Å². The number of nitrogens with zero attached hydrogens (tertiary/aromatic N) is 1. The van der Waals surface area contributed by atoms with E-state index in [4.69, 9.17) is 0 Å². The Morgan fingerprint density at radius 2 is 2.17 bits per heavy atom. The average Bonchev–Trinajstić information content (AvgIpc) is 2.03. The van der Waals surface area contributed by atoms with Crippen molar-refractivity contribution in [3.63, 3.8) is 0 Å². The van der Waals surface area contributed by atoms with Gasteiger partial charge in [-0.1, -0.05) is 27.8 Å². The molecule has 0 spiro atoms. The van der Waals surface area contributed by atoms with Crippen molar-refractivity contribution in [3.05, 3.63) is 29.1 Å². The fourth-order valence-corrected chi connectivity index (χ4v) is 1.09. The maximum absolute atomic E-state index is 4.31. The molecule has 0 fully saturated rings. The molecule has 1 heterocycles. The second kappa shape index (κ2) is 4.27. The van der Waals surface area contributed by atoms with Gasteiger partial charge in [-0.25, -0.2) is 0 Å². The second-order valence-corrected chi connectivity index (χ2v) is 3.08. The Balaban J connectivity index is 3.01. The van der Waals surface area contributed by atoms with Crippen molar-refractivity contribution in [2.45, 2.75) is 13.8 Å². The van der Waals surface area contributed by atoms with Crippen LogP contribution in [0.3, 0.4) is 0 Å². The van der Waals surface area contributed by atoms with Gasteiger partial charge in [0.1, 0.15) is 0 Å². The molecule has 2 heteroatoms. The third-order valence-electron chi connectivity index (χ3n) is 1.51. The summed E-state index contributed by atoms with van der Waals surface area (Å²) in [5.41, 5.74) is 3.06. The lowest BCUT2D eigenvalue weighted by Gasteiger charge is -1.97. The molecule has 62 valence electrons. The first-order valence-electron chi connectivity index (χ1n) is 3.73. The SMILES string of the molecule is Cc1ccc(C#CCBr)c(C)n1. The van der Waals surface area contributed by atoms with Crippen molar-refractivity contribution in [1.29, 1.82) is 0 Å². The van der Waals surface area contributed by atoms with Crippen molar-refractivity contribution in [1.82, 2.24) is 4.98 Å². The van der Waals surface area contributed by atoms with Crippen molar-refractivity contribution in [2.24, 2.45) is 0 Å². The Morgan fingerprint density at radius 3 is 2.75 bits per heavy atom. The Labute approximate surface area is 81.3 Å². The van der Waals surface area contributed by atoms with Gasteiger partial charge in [0, 0.05) is 11.3 Å². The second-order valence-electron chi connectivity index (χ2n) is 2.52. The van der Waals surface area contributed by atoms with Crippen LogP contribution in [0.2, 0.25) is 0 Å². The molecule has 0 aliphatic rings. The highest BCUT2D eigenvalue weighted by atomic mass is 79.9. The van der Waals surface area contributed by atoms with Crippen molar-refractivity contribution < 1.29 is 0 Å². The van der Waals surface area contributed by atoms with Crippen LogP contribution in [0.4, 0.5) is 0 Å². The molecule has 12 heavy (non-hydrogen) atoms. The summed E-state index contributed by atoms with van der Waals surface area (Å²) in [6.45, 7) is 3.96. The molecule has 0 saturated heterocycles. The summed E-state index contributed by atoms with van der Waals surface area (Å²) >= 11 is 3.25. The summed E-state index contributed by atoms with van der Waals surface area (Å²) in [7, 11) is 0. The van der Waals surface area contributed by atoms with Crippen LogP contribution in [0.5, 0.6) is 0 Å². The Kier molecular flexibility index (Phi) is 3.31.